The number of hydrogen-bond acceptors (Lipinski definition) is 0. The molecule has 0 bridgehead atoms. The smallest absolute Gasteiger partial charge is 0.0789 e. The van der Waals surface area contributed by atoms with Crippen molar-refractivity contribution < 1.29 is 22.6 Å². The fourth-order valence-electron chi connectivity index (χ4n) is 4.92. The van der Waals surface area contributed by atoms with Crippen LogP contribution in [0.15, 0.2) is 36.4 Å². The summed E-state index contributed by atoms with van der Waals surface area (Å²) >= 11 is 4.61. The summed E-state index contributed by atoms with van der Waals surface area (Å²) in [5.41, 5.74) is 3.04. The second-order valence-corrected chi connectivity index (χ2v) is 13.8. The van der Waals surface area contributed by atoms with Crippen LogP contribution in [0.1, 0.15) is 75.3 Å². The highest BCUT2D eigenvalue weighted by atomic mass is 127. The highest BCUT2D eigenvalue weighted by molar-refractivity contribution is 14.1. The molecule has 0 nitrogen and oxygen atoms in total. The maximum atomic E-state index is 2.46. The molecule has 2 heteroatoms. The number of rotatable bonds is 5. The van der Waals surface area contributed by atoms with E-state index < -0.39 is 0 Å². The molecule has 1 unspecified atom stereocenters. The molecule has 3 rings (SSSR count). The summed E-state index contributed by atoms with van der Waals surface area (Å²) in [5.74, 6) is 3.88. The van der Waals surface area contributed by atoms with Gasteiger partial charge in [-0.15, -0.1) is 0 Å². The Balaban J connectivity index is 1.47. The lowest BCUT2D eigenvalue weighted by Gasteiger charge is -2.37. The maximum absolute atomic E-state index is 2.46. The van der Waals surface area contributed by atoms with E-state index in [-0.39, 0.29) is 0 Å². The number of alkyl halides is 2. The fourth-order valence-corrected chi connectivity index (χ4v) is 5.53. The molecule has 2 fully saturated rings. The third-order valence-corrected chi connectivity index (χ3v) is 7.45. The summed E-state index contributed by atoms with van der Waals surface area (Å²) in [6.45, 7) is 2.44. The van der Waals surface area contributed by atoms with E-state index in [0.717, 1.165) is 30.1 Å². The van der Waals surface area contributed by atoms with Crippen molar-refractivity contribution in [1.82, 2.24) is 0 Å². The fraction of sp³-hybridized carbons (Fsp3) is 0.652. The van der Waals surface area contributed by atoms with Crippen molar-refractivity contribution >= 4 is 22.6 Å². The standard InChI is InChI=1S/C23H33I2/c1-17-5-9-19(10-6-17)21-13-15-22(16-14-21)20-11-7-18(8-12-20)3-2-4-23(24)25/h2,4,7-8,11-12,17,19,21-24H,3,5-6,9-10,13-16H2,1H3/q+1. The summed E-state index contributed by atoms with van der Waals surface area (Å²) in [6, 6.07) is 9.52. The molecule has 0 saturated heterocycles. The second-order valence-electron chi connectivity index (χ2n) is 8.36. The summed E-state index contributed by atoms with van der Waals surface area (Å²) < 4.78 is 0.634. The lowest BCUT2D eigenvalue weighted by atomic mass is 9.68. The molecule has 0 heterocycles. The van der Waals surface area contributed by atoms with Crippen molar-refractivity contribution in [3.63, 3.8) is 0 Å². The first-order valence-corrected chi connectivity index (χ1v) is 12.8. The van der Waals surface area contributed by atoms with E-state index in [0.29, 0.717) is 1.93 Å². The monoisotopic (exact) mass is 563 g/mol. The van der Waals surface area contributed by atoms with Crippen LogP contribution in [0, 0.1) is 17.8 Å². The number of hydrogen-bond donors (Lipinski definition) is 0. The lowest BCUT2D eigenvalue weighted by Crippen LogP contribution is -3.37. The normalized spacial score (nSPS) is 32.0. The zero-order chi connectivity index (χ0) is 17.6. The van der Waals surface area contributed by atoms with Crippen molar-refractivity contribution in [3.05, 3.63) is 47.5 Å². The van der Waals surface area contributed by atoms with Crippen LogP contribution < -0.4 is 22.6 Å². The average molecular weight is 563 g/mol. The van der Waals surface area contributed by atoms with E-state index in [4.69, 9.17) is 0 Å². The van der Waals surface area contributed by atoms with Crippen LogP contribution in [-0.4, -0.2) is 1.93 Å². The van der Waals surface area contributed by atoms with Crippen LogP contribution in [0.5, 0.6) is 0 Å². The molecule has 0 spiro atoms. The first kappa shape index (κ1) is 20.2. The van der Waals surface area contributed by atoms with E-state index in [1.165, 1.54) is 56.9 Å². The van der Waals surface area contributed by atoms with Crippen LogP contribution in [-0.2, 0) is 6.42 Å². The molecular weight excluding hydrogens is 530 g/mol. The maximum Gasteiger partial charge on any atom is 0.271 e. The molecule has 2 saturated carbocycles. The Kier molecular flexibility index (Phi) is 8.14. The zero-order valence-electron chi connectivity index (χ0n) is 15.5. The lowest BCUT2D eigenvalue weighted by molar-refractivity contribution is -0.363. The summed E-state index contributed by atoms with van der Waals surface area (Å²) in [5, 5.41) is 0. The Bertz CT molecular complexity index is 530. The van der Waals surface area contributed by atoms with Gasteiger partial charge in [0.1, 0.15) is 0 Å². The van der Waals surface area contributed by atoms with Crippen LogP contribution >= 0.6 is 22.6 Å². The Morgan fingerprint density at radius 2 is 1.52 bits per heavy atom. The minimum atomic E-state index is 0.634. The minimum absolute atomic E-state index is 0.634. The Labute approximate surface area is 181 Å². The van der Waals surface area contributed by atoms with Crippen molar-refractivity contribution in [3.8, 4) is 0 Å². The van der Waals surface area contributed by atoms with E-state index in [2.05, 4.69) is 88.5 Å². The van der Waals surface area contributed by atoms with E-state index in [9.17, 15) is 0 Å². The molecule has 1 aromatic rings. The Morgan fingerprint density at radius 1 is 0.960 bits per heavy atom. The molecule has 0 N–H and O–H groups in total. The molecule has 2 aliphatic rings. The van der Waals surface area contributed by atoms with E-state index in [1.807, 2.05) is 0 Å². The predicted octanol–water partition coefficient (Wildman–Crippen LogP) is 3.93. The van der Waals surface area contributed by atoms with Crippen molar-refractivity contribution in [2.45, 2.75) is 72.6 Å². The van der Waals surface area contributed by atoms with Crippen molar-refractivity contribution in [2.75, 3.05) is 0 Å². The molecule has 0 aliphatic heterocycles. The van der Waals surface area contributed by atoms with Gasteiger partial charge in [-0.1, -0.05) is 50.1 Å². The van der Waals surface area contributed by atoms with Gasteiger partial charge in [-0.05, 0) is 108 Å². The SMILES string of the molecule is CC1CCC(C2CCC(c3ccc(CC=CC(I)[IH+])cc3)CC2)CC1. The van der Waals surface area contributed by atoms with Gasteiger partial charge in [0.15, 0.2) is 0 Å². The van der Waals surface area contributed by atoms with Gasteiger partial charge in [-0.25, -0.2) is 0 Å². The third kappa shape index (κ3) is 6.22. The van der Waals surface area contributed by atoms with E-state index >= 15 is 0 Å². The summed E-state index contributed by atoms with van der Waals surface area (Å²) in [6.07, 6.45) is 17.5. The van der Waals surface area contributed by atoms with Gasteiger partial charge in [-0.3, -0.25) is 0 Å². The number of halogens is 2. The highest BCUT2D eigenvalue weighted by Gasteiger charge is 2.30. The largest absolute Gasteiger partial charge is 0.271 e. The Hall–Kier alpha value is 0.420. The average Bonchev–Trinajstić information content (AvgIpc) is 2.63. The van der Waals surface area contributed by atoms with Gasteiger partial charge in [-0.2, -0.15) is 0 Å². The molecule has 0 radical (unpaired) electrons. The first-order valence-electron chi connectivity index (χ1n) is 10.2. The van der Waals surface area contributed by atoms with E-state index in [1.54, 1.807) is 5.56 Å². The molecule has 1 atom stereocenters. The van der Waals surface area contributed by atoms with Gasteiger partial charge >= 0.3 is 0 Å². The number of allylic oxidation sites excluding steroid dienone is 2. The summed E-state index contributed by atoms with van der Waals surface area (Å²) in [4.78, 5) is 0. The topological polar surface area (TPSA) is 0 Å². The van der Waals surface area contributed by atoms with Crippen LogP contribution in [0.25, 0.3) is 0 Å². The molecule has 138 valence electrons. The molecule has 0 amide bonds. The van der Waals surface area contributed by atoms with Gasteiger partial charge in [0, 0.05) is 0 Å². The van der Waals surface area contributed by atoms with Gasteiger partial charge in [0.05, 0.1) is 0 Å². The van der Waals surface area contributed by atoms with Crippen molar-refractivity contribution in [2.24, 2.45) is 17.8 Å². The van der Waals surface area contributed by atoms with Crippen molar-refractivity contribution in [1.29, 1.82) is 0 Å². The highest BCUT2D eigenvalue weighted by Crippen LogP contribution is 2.43. The molecule has 0 aromatic heterocycles. The predicted molar refractivity (Wildman–Crippen MR) is 114 cm³/mol. The minimum Gasteiger partial charge on any atom is -0.0789 e. The quantitative estimate of drug-likeness (QED) is 0.290. The van der Waals surface area contributed by atoms with Gasteiger partial charge < -0.3 is 0 Å². The number of benzene rings is 1. The third-order valence-electron chi connectivity index (χ3n) is 6.59. The van der Waals surface area contributed by atoms with Crippen LogP contribution in [0.4, 0.5) is 0 Å². The molecule has 25 heavy (non-hydrogen) atoms. The summed E-state index contributed by atoms with van der Waals surface area (Å²) in [7, 11) is 0. The molecular formula is C23H33I2+. The Morgan fingerprint density at radius 3 is 2.08 bits per heavy atom. The van der Waals surface area contributed by atoms with Crippen LogP contribution in [0.3, 0.4) is 0 Å². The van der Waals surface area contributed by atoms with Gasteiger partial charge in [0.2, 0.25) is 1.93 Å². The second kappa shape index (κ2) is 10.1. The molecule has 1 aromatic carbocycles. The first-order chi connectivity index (χ1) is 12.1. The van der Waals surface area contributed by atoms with Crippen LogP contribution in [0.2, 0.25) is 0 Å². The zero-order valence-corrected chi connectivity index (χ0v) is 20.0. The molecule has 2 aliphatic carbocycles. The van der Waals surface area contributed by atoms with Gasteiger partial charge in [0.25, 0.3) is 22.6 Å².